The maximum Gasteiger partial charge on any atom is 0.233 e. The van der Waals surface area contributed by atoms with Crippen LogP contribution in [0, 0.1) is 0 Å². The number of carbonyl (C=O) groups excluding carboxylic acids is 1. The molecule has 19 heavy (non-hydrogen) atoms. The van der Waals surface area contributed by atoms with Gasteiger partial charge in [-0.2, -0.15) is 0 Å². The maximum absolute atomic E-state index is 12.7. The molecule has 0 bridgehead atoms. The van der Waals surface area contributed by atoms with E-state index in [0.29, 0.717) is 19.5 Å². The van der Waals surface area contributed by atoms with E-state index in [1.807, 2.05) is 36.1 Å². The smallest absolute Gasteiger partial charge is 0.233 e. The molecule has 0 saturated heterocycles. The number of rotatable bonds is 6. The topological polar surface area (TPSA) is 40.5 Å². The second-order valence-electron chi connectivity index (χ2n) is 5.05. The van der Waals surface area contributed by atoms with Gasteiger partial charge in [-0.25, -0.2) is 0 Å². The third-order valence-corrected chi connectivity index (χ3v) is 4.34. The van der Waals surface area contributed by atoms with Crippen LogP contribution in [-0.4, -0.2) is 35.6 Å². The number of carbonyl (C=O) groups is 1. The Morgan fingerprint density at radius 2 is 2.00 bits per heavy atom. The molecule has 1 amide bonds. The molecular weight excluding hydrogens is 306 g/mol. The summed E-state index contributed by atoms with van der Waals surface area (Å²) in [7, 11) is 0. The molecule has 4 heteroatoms. The fourth-order valence-electron chi connectivity index (χ4n) is 2.49. The average Bonchev–Trinajstić information content (AvgIpc) is 3.22. The van der Waals surface area contributed by atoms with Crippen molar-refractivity contribution in [2.75, 3.05) is 19.7 Å². The van der Waals surface area contributed by atoms with Gasteiger partial charge in [0.25, 0.3) is 0 Å². The number of aliphatic hydroxyl groups is 1. The van der Waals surface area contributed by atoms with Gasteiger partial charge in [0.2, 0.25) is 5.91 Å². The largest absolute Gasteiger partial charge is 0.396 e. The Morgan fingerprint density at radius 3 is 2.47 bits per heavy atom. The summed E-state index contributed by atoms with van der Waals surface area (Å²) in [6, 6.07) is 8.06. The molecule has 2 rings (SSSR count). The molecule has 1 saturated carbocycles. The normalized spacial score (nSPS) is 16.2. The Hall–Kier alpha value is -0.870. The van der Waals surface area contributed by atoms with Gasteiger partial charge in [0.1, 0.15) is 0 Å². The standard InChI is InChI=1S/C15H20BrNO2/c1-2-17(10-3-11-18)14(19)15(8-9-15)12-4-6-13(16)7-5-12/h4-7,18H,2-3,8-11H2,1H3. The Balaban J connectivity index is 2.15. The first-order chi connectivity index (χ1) is 9.14. The summed E-state index contributed by atoms with van der Waals surface area (Å²) < 4.78 is 1.03. The van der Waals surface area contributed by atoms with E-state index in [4.69, 9.17) is 5.11 Å². The zero-order valence-corrected chi connectivity index (χ0v) is 12.8. The molecule has 1 aliphatic carbocycles. The van der Waals surface area contributed by atoms with Crippen LogP contribution < -0.4 is 0 Å². The lowest BCUT2D eigenvalue weighted by atomic mass is 9.94. The van der Waals surface area contributed by atoms with Gasteiger partial charge < -0.3 is 10.0 Å². The first-order valence-electron chi connectivity index (χ1n) is 6.80. The molecule has 1 fully saturated rings. The quantitative estimate of drug-likeness (QED) is 0.873. The van der Waals surface area contributed by atoms with Crippen molar-refractivity contribution >= 4 is 21.8 Å². The lowest BCUT2D eigenvalue weighted by Crippen LogP contribution is -2.40. The number of halogens is 1. The Morgan fingerprint density at radius 1 is 1.37 bits per heavy atom. The van der Waals surface area contributed by atoms with Crippen molar-refractivity contribution in [2.24, 2.45) is 0 Å². The van der Waals surface area contributed by atoms with Crippen molar-refractivity contribution < 1.29 is 9.90 Å². The fraction of sp³-hybridized carbons (Fsp3) is 0.533. The molecule has 0 aromatic heterocycles. The maximum atomic E-state index is 12.7. The number of aliphatic hydroxyl groups excluding tert-OH is 1. The molecule has 0 radical (unpaired) electrons. The van der Waals surface area contributed by atoms with Gasteiger partial charge >= 0.3 is 0 Å². The molecule has 1 aliphatic rings. The first kappa shape index (κ1) is 14.5. The van der Waals surface area contributed by atoms with Gasteiger partial charge in [-0.1, -0.05) is 28.1 Å². The molecule has 1 aromatic carbocycles. The molecule has 3 nitrogen and oxygen atoms in total. The van der Waals surface area contributed by atoms with Crippen molar-refractivity contribution in [3.63, 3.8) is 0 Å². The minimum Gasteiger partial charge on any atom is -0.396 e. The number of nitrogens with zero attached hydrogens (tertiary/aromatic N) is 1. The van der Waals surface area contributed by atoms with Crippen LogP contribution in [0.5, 0.6) is 0 Å². The number of likely N-dealkylation sites (N-methyl/N-ethyl adjacent to an activating group) is 1. The van der Waals surface area contributed by atoms with E-state index in [1.165, 1.54) is 0 Å². The predicted octanol–water partition coefficient (Wildman–Crippen LogP) is 2.71. The average molecular weight is 326 g/mol. The zero-order chi connectivity index (χ0) is 13.9. The van der Waals surface area contributed by atoms with E-state index < -0.39 is 0 Å². The highest BCUT2D eigenvalue weighted by Crippen LogP contribution is 2.49. The number of hydrogen-bond donors (Lipinski definition) is 1. The monoisotopic (exact) mass is 325 g/mol. The first-order valence-corrected chi connectivity index (χ1v) is 7.59. The van der Waals surface area contributed by atoms with Crippen LogP contribution in [0.1, 0.15) is 31.7 Å². The lowest BCUT2D eigenvalue weighted by Gasteiger charge is -2.26. The molecule has 1 N–H and O–H groups in total. The van der Waals surface area contributed by atoms with Crippen molar-refractivity contribution in [2.45, 2.75) is 31.6 Å². The SMILES string of the molecule is CCN(CCCO)C(=O)C1(c2ccc(Br)cc2)CC1. The molecule has 0 atom stereocenters. The molecular formula is C15H20BrNO2. The van der Waals surface area contributed by atoms with Gasteiger partial charge in [0, 0.05) is 24.2 Å². The number of benzene rings is 1. The third-order valence-electron chi connectivity index (χ3n) is 3.81. The molecule has 0 unspecified atom stereocenters. The molecule has 0 spiro atoms. The highest BCUT2D eigenvalue weighted by Gasteiger charge is 2.52. The third kappa shape index (κ3) is 3.00. The summed E-state index contributed by atoms with van der Waals surface area (Å²) in [6.45, 7) is 3.48. The highest BCUT2D eigenvalue weighted by atomic mass is 79.9. The Labute approximate surface area is 122 Å². The van der Waals surface area contributed by atoms with Crippen molar-refractivity contribution in [1.29, 1.82) is 0 Å². The van der Waals surface area contributed by atoms with Crippen LogP contribution in [0.2, 0.25) is 0 Å². The van der Waals surface area contributed by atoms with E-state index >= 15 is 0 Å². The second kappa shape index (κ2) is 6.06. The van der Waals surface area contributed by atoms with E-state index in [1.54, 1.807) is 0 Å². The van der Waals surface area contributed by atoms with Crippen LogP contribution in [-0.2, 0) is 10.2 Å². The Kier molecular flexibility index (Phi) is 4.63. The molecule has 1 aromatic rings. The minimum absolute atomic E-state index is 0.134. The van der Waals surface area contributed by atoms with E-state index in [9.17, 15) is 4.79 Å². The Bertz CT molecular complexity index is 440. The van der Waals surface area contributed by atoms with Crippen molar-refractivity contribution in [3.05, 3.63) is 34.3 Å². The summed E-state index contributed by atoms with van der Waals surface area (Å²) in [6.07, 6.45) is 2.52. The number of hydrogen-bond acceptors (Lipinski definition) is 2. The van der Waals surface area contributed by atoms with E-state index in [0.717, 1.165) is 22.9 Å². The minimum atomic E-state index is -0.299. The van der Waals surface area contributed by atoms with Crippen molar-refractivity contribution in [1.82, 2.24) is 4.90 Å². The van der Waals surface area contributed by atoms with Crippen LogP contribution >= 0.6 is 15.9 Å². The van der Waals surface area contributed by atoms with Gasteiger partial charge in [-0.15, -0.1) is 0 Å². The summed E-state index contributed by atoms with van der Waals surface area (Å²) in [5.74, 6) is 0.214. The fourth-order valence-corrected chi connectivity index (χ4v) is 2.75. The molecule has 104 valence electrons. The van der Waals surface area contributed by atoms with Crippen molar-refractivity contribution in [3.8, 4) is 0 Å². The van der Waals surface area contributed by atoms with Crippen LogP contribution in [0.25, 0.3) is 0 Å². The van der Waals surface area contributed by atoms with Gasteiger partial charge in [-0.3, -0.25) is 4.79 Å². The number of amides is 1. The van der Waals surface area contributed by atoms with Crippen LogP contribution in [0.15, 0.2) is 28.7 Å². The zero-order valence-electron chi connectivity index (χ0n) is 11.2. The van der Waals surface area contributed by atoms with Gasteiger partial charge in [-0.05, 0) is 43.9 Å². The molecule has 0 aliphatic heterocycles. The van der Waals surface area contributed by atoms with Crippen LogP contribution in [0.3, 0.4) is 0 Å². The van der Waals surface area contributed by atoms with E-state index in [-0.39, 0.29) is 17.9 Å². The summed E-state index contributed by atoms with van der Waals surface area (Å²) >= 11 is 3.42. The van der Waals surface area contributed by atoms with Crippen LogP contribution in [0.4, 0.5) is 0 Å². The van der Waals surface area contributed by atoms with Gasteiger partial charge in [0.15, 0.2) is 0 Å². The highest BCUT2D eigenvalue weighted by molar-refractivity contribution is 9.10. The van der Waals surface area contributed by atoms with Gasteiger partial charge in [0.05, 0.1) is 5.41 Å². The summed E-state index contributed by atoms with van der Waals surface area (Å²) in [5.41, 5.74) is 0.815. The molecule has 0 heterocycles. The summed E-state index contributed by atoms with van der Waals surface area (Å²) in [5, 5.41) is 8.92. The predicted molar refractivity (Wildman–Crippen MR) is 79.0 cm³/mol. The summed E-state index contributed by atoms with van der Waals surface area (Å²) in [4.78, 5) is 14.5. The second-order valence-corrected chi connectivity index (χ2v) is 5.97. The lowest BCUT2D eigenvalue weighted by molar-refractivity contribution is -0.133. The van der Waals surface area contributed by atoms with E-state index in [2.05, 4.69) is 15.9 Å².